The molecule has 7 nitrogen and oxygen atoms in total. The van der Waals surface area contributed by atoms with E-state index in [0.717, 1.165) is 25.0 Å². The van der Waals surface area contributed by atoms with Crippen LogP contribution in [-0.4, -0.2) is 44.0 Å². The maximum atomic E-state index is 12.9. The number of amides is 1. The topological polar surface area (TPSA) is 77.0 Å². The first-order chi connectivity index (χ1) is 12.8. The van der Waals surface area contributed by atoms with Crippen molar-refractivity contribution >= 4 is 16.9 Å². The molecule has 0 bridgehead atoms. The van der Waals surface area contributed by atoms with E-state index in [2.05, 4.69) is 15.5 Å². The van der Waals surface area contributed by atoms with E-state index in [4.69, 9.17) is 4.52 Å². The van der Waals surface area contributed by atoms with Gasteiger partial charge in [0.1, 0.15) is 5.52 Å². The third-order valence-corrected chi connectivity index (χ3v) is 4.67. The fourth-order valence-corrected chi connectivity index (χ4v) is 3.35. The zero-order chi connectivity index (χ0) is 19.2. The quantitative estimate of drug-likeness (QED) is 0.683. The SMILES string of the molecule is Cc1cc(C(=O)N2CCCC(n3nnc4cc(C(F)(F)F)ccc43)C2)on1. The normalized spacial score (nSPS) is 18.2. The van der Waals surface area contributed by atoms with E-state index < -0.39 is 11.7 Å². The van der Waals surface area contributed by atoms with Gasteiger partial charge in [-0.2, -0.15) is 13.2 Å². The van der Waals surface area contributed by atoms with Crippen LogP contribution in [0.2, 0.25) is 0 Å². The second-order valence-corrected chi connectivity index (χ2v) is 6.62. The number of hydrogen-bond acceptors (Lipinski definition) is 5. The molecule has 1 aliphatic rings. The summed E-state index contributed by atoms with van der Waals surface area (Å²) in [5.74, 6) is -0.0875. The lowest BCUT2D eigenvalue weighted by molar-refractivity contribution is -0.137. The Bertz CT molecular complexity index is 994. The van der Waals surface area contributed by atoms with Crippen molar-refractivity contribution in [3.05, 3.63) is 41.3 Å². The van der Waals surface area contributed by atoms with Crippen molar-refractivity contribution in [3.63, 3.8) is 0 Å². The van der Waals surface area contributed by atoms with Crippen LogP contribution in [0.25, 0.3) is 11.0 Å². The smallest absolute Gasteiger partial charge is 0.351 e. The highest BCUT2D eigenvalue weighted by Gasteiger charge is 2.32. The molecule has 3 aromatic rings. The average molecular weight is 379 g/mol. The van der Waals surface area contributed by atoms with Crippen molar-refractivity contribution in [1.29, 1.82) is 0 Å². The van der Waals surface area contributed by atoms with Crippen LogP contribution in [0.3, 0.4) is 0 Å². The Labute approximate surface area is 151 Å². The molecule has 1 fully saturated rings. The predicted molar refractivity (Wildman–Crippen MR) is 87.9 cm³/mol. The summed E-state index contributed by atoms with van der Waals surface area (Å²) in [6, 6.07) is 4.79. The number of aryl methyl sites for hydroxylation is 1. The maximum Gasteiger partial charge on any atom is 0.416 e. The van der Waals surface area contributed by atoms with Crippen LogP contribution in [0, 0.1) is 6.92 Å². The Morgan fingerprint density at radius 1 is 1.30 bits per heavy atom. The minimum absolute atomic E-state index is 0.173. The molecule has 4 rings (SSSR count). The molecule has 0 saturated carbocycles. The Morgan fingerprint density at radius 3 is 2.81 bits per heavy atom. The lowest BCUT2D eigenvalue weighted by Crippen LogP contribution is -2.40. The number of carbonyl (C=O) groups is 1. The molecule has 0 aliphatic carbocycles. The number of carbonyl (C=O) groups excluding carboxylic acids is 1. The van der Waals surface area contributed by atoms with Crippen LogP contribution in [0.4, 0.5) is 13.2 Å². The molecule has 0 N–H and O–H groups in total. The average Bonchev–Trinajstić information content (AvgIpc) is 3.26. The first-order valence-corrected chi connectivity index (χ1v) is 8.47. The molecule has 1 aliphatic heterocycles. The van der Waals surface area contributed by atoms with Crippen LogP contribution in [0.15, 0.2) is 28.8 Å². The number of fused-ring (bicyclic) bond motifs is 1. The van der Waals surface area contributed by atoms with Gasteiger partial charge in [0.2, 0.25) is 5.76 Å². The van der Waals surface area contributed by atoms with E-state index in [1.165, 1.54) is 6.07 Å². The summed E-state index contributed by atoms with van der Waals surface area (Å²) in [6.45, 7) is 2.67. The van der Waals surface area contributed by atoms with Gasteiger partial charge in [-0.1, -0.05) is 10.4 Å². The standard InChI is InChI=1S/C17H16F3N5O2/c1-10-7-15(27-22-10)16(26)24-6-2-3-12(9-24)25-14-5-4-11(17(18,19)20)8-13(14)21-23-25/h4-5,7-8,12H,2-3,6,9H2,1H3. The van der Waals surface area contributed by atoms with Crippen LogP contribution in [0.1, 0.15) is 40.7 Å². The van der Waals surface area contributed by atoms with Crippen LogP contribution < -0.4 is 0 Å². The predicted octanol–water partition coefficient (Wildman–Crippen LogP) is 3.22. The molecule has 10 heteroatoms. The lowest BCUT2D eigenvalue weighted by Gasteiger charge is -2.32. The molecule has 142 valence electrons. The fourth-order valence-electron chi connectivity index (χ4n) is 3.35. The lowest BCUT2D eigenvalue weighted by atomic mass is 10.0. The summed E-state index contributed by atoms with van der Waals surface area (Å²) in [7, 11) is 0. The largest absolute Gasteiger partial charge is 0.416 e. The van der Waals surface area contributed by atoms with Crippen molar-refractivity contribution in [1.82, 2.24) is 25.1 Å². The summed E-state index contributed by atoms with van der Waals surface area (Å²) < 4.78 is 45.2. The van der Waals surface area contributed by atoms with E-state index in [0.29, 0.717) is 24.3 Å². The number of piperidine rings is 1. The fraction of sp³-hybridized carbons (Fsp3) is 0.412. The molecule has 2 aromatic heterocycles. The molecule has 1 saturated heterocycles. The number of alkyl halides is 3. The van der Waals surface area contributed by atoms with Gasteiger partial charge in [0.05, 0.1) is 22.8 Å². The number of likely N-dealkylation sites (tertiary alicyclic amines) is 1. The highest BCUT2D eigenvalue weighted by Crippen LogP contribution is 2.32. The summed E-state index contributed by atoms with van der Waals surface area (Å²) in [5, 5.41) is 11.6. The molecular weight excluding hydrogens is 363 g/mol. The van der Waals surface area contributed by atoms with Crippen molar-refractivity contribution in [2.45, 2.75) is 32.0 Å². The minimum Gasteiger partial charge on any atom is -0.351 e. The second-order valence-electron chi connectivity index (χ2n) is 6.62. The number of nitrogens with zero attached hydrogens (tertiary/aromatic N) is 5. The summed E-state index contributed by atoms with van der Waals surface area (Å²) in [5.41, 5.74) is 0.551. The Hall–Kier alpha value is -2.91. The van der Waals surface area contributed by atoms with Crippen molar-refractivity contribution in [2.75, 3.05) is 13.1 Å². The monoisotopic (exact) mass is 379 g/mol. The maximum absolute atomic E-state index is 12.9. The van der Waals surface area contributed by atoms with Crippen molar-refractivity contribution in [3.8, 4) is 0 Å². The summed E-state index contributed by atoms with van der Waals surface area (Å²) >= 11 is 0. The first kappa shape index (κ1) is 17.5. The number of halogens is 3. The molecule has 1 unspecified atom stereocenters. The van der Waals surface area contributed by atoms with E-state index in [1.807, 2.05) is 0 Å². The van der Waals surface area contributed by atoms with Gasteiger partial charge in [-0.3, -0.25) is 4.79 Å². The van der Waals surface area contributed by atoms with Crippen molar-refractivity contribution in [2.24, 2.45) is 0 Å². The minimum atomic E-state index is -4.43. The van der Waals surface area contributed by atoms with E-state index in [9.17, 15) is 18.0 Å². The Kier molecular flexibility index (Phi) is 4.12. The molecule has 1 amide bonds. The molecule has 0 spiro atoms. The zero-order valence-electron chi connectivity index (χ0n) is 14.4. The highest BCUT2D eigenvalue weighted by molar-refractivity contribution is 5.91. The zero-order valence-corrected chi connectivity index (χ0v) is 14.4. The Morgan fingerprint density at radius 2 is 2.11 bits per heavy atom. The van der Waals surface area contributed by atoms with Crippen LogP contribution in [-0.2, 0) is 6.18 Å². The molecule has 0 radical (unpaired) electrons. The first-order valence-electron chi connectivity index (χ1n) is 8.47. The van der Waals surface area contributed by atoms with Gasteiger partial charge in [0.15, 0.2) is 0 Å². The third kappa shape index (κ3) is 3.26. The van der Waals surface area contributed by atoms with E-state index >= 15 is 0 Å². The van der Waals surface area contributed by atoms with Gasteiger partial charge in [0.25, 0.3) is 5.91 Å². The van der Waals surface area contributed by atoms with Gasteiger partial charge in [-0.05, 0) is 38.0 Å². The number of aromatic nitrogens is 4. The van der Waals surface area contributed by atoms with Gasteiger partial charge < -0.3 is 9.42 Å². The summed E-state index contributed by atoms with van der Waals surface area (Å²) in [4.78, 5) is 14.2. The van der Waals surface area contributed by atoms with E-state index in [-0.39, 0.29) is 23.2 Å². The molecule has 3 heterocycles. The van der Waals surface area contributed by atoms with E-state index in [1.54, 1.807) is 22.6 Å². The molecule has 27 heavy (non-hydrogen) atoms. The second kappa shape index (κ2) is 6.36. The molecule has 1 aromatic carbocycles. The Balaban J connectivity index is 1.59. The number of rotatable bonds is 2. The molecular formula is C17H16F3N5O2. The van der Waals surface area contributed by atoms with Gasteiger partial charge in [-0.15, -0.1) is 5.10 Å². The van der Waals surface area contributed by atoms with Gasteiger partial charge in [-0.25, -0.2) is 4.68 Å². The summed E-state index contributed by atoms with van der Waals surface area (Å²) in [6.07, 6.45) is -2.94. The number of hydrogen-bond donors (Lipinski definition) is 0. The highest BCUT2D eigenvalue weighted by atomic mass is 19.4. The van der Waals surface area contributed by atoms with Gasteiger partial charge >= 0.3 is 6.18 Å². The van der Waals surface area contributed by atoms with Crippen LogP contribution in [0.5, 0.6) is 0 Å². The van der Waals surface area contributed by atoms with Crippen molar-refractivity contribution < 1.29 is 22.5 Å². The third-order valence-electron chi connectivity index (χ3n) is 4.67. The molecule has 1 atom stereocenters. The number of benzene rings is 1. The van der Waals surface area contributed by atoms with Gasteiger partial charge in [0, 0.05) is 19.2 Å². The van der Waals surface area contributed by atoms with Crippen LogP contribution >= 0.6 is 0 Å².